The number of oxazole rings is 1. The van der Waals surface area contributed by atoms with Crippen LogP contribution >= 0.6 is 0 Å². The van der Waals surface area contributed by atoms with E-state index in [2.05, 4.69) is 50.0 Å². The summed E-state index contributed by atoms with van der Waals surface area (Å²) in [5, 5.41) is 0. The molecule has 2 heterocycles. The van der Waals surface area contributed by atoms with Crippen LogP contribution in [0.25, 0.3) is 22.6 Å². The van der Waals surface area contributed by atoms with Crippen LogP contribution in [0, 0.1) is 0 Å². The summed E-state index contributed by atoms with van der Waals surface area (Å²) in [6.07, 6.45) is 0.245. The molecule has 0 N–H and O–H groups in total. The number of aromatic nitrogens is 1. The van der Waals surface area contributed by atoms with Crippen LogP contribution in [-0.2, 0) is 10.2 Å². The molecule has 0 amide bonds. The maximum atomic E-state index is 5.88. The van der Waals surface area contributed by atoms with Gasteiger partial charge < -0.3 is 13.9 Å². The van der Waals surface area contributed by atoms with Crippen molar-refractivity contribution in [3.8, 4) is 17.2 Å². The van der Waals surface area contributed by atoms with Crippen LogP contribution in [0.5, 0.6) is 5.75 Å². The van der Waals surface area contributed by atoms with Gasteiger partial charge in [-0.1, -0.05) is 32.9 Å². The molecule has 0 radical (unpaired) electrons. The van der Waals surface area contributed by atoms with Crippen molar-refractivity contribution in [2.24, 2.45) is 0 Å². The third-order valence-electron chi connectivity index (χ3n) is 4.20. The van der Waals surface area contributed by atoms with E-state index in [1.807, 2.05) is 18.2 Å². The smallest absolute Gasteiger partial charge is 0.227 e. The average Bonchev–Trinajstić information content (AvgIpc) is 3.29. The molecule has 1 saturated heterocycles. The van der Waals surface area contributed by atoms with Crippen molar-refractivity contribution in [2.45, 2.75) is 32.3 Å². The summed E-state index contributed by atoms with van der Waals surface area (Å²) in [4.78, 5) is 4.60. The third-order valence-corrected chi connectivity index (χ3v) is 4.20. The second-order valence-electron chi connectivity index (χ2n) is 7.24. The van der Waals surface area contributed by atoms with Crippen molar-refractivity contribution in [2.75, 3.05) is 13.2 Å². The van der Waals surface area contributed by atoms with Crippen molar-refractivity contribution < 1.29 is 13.9 Å². The molecule has 1 aliphatic heterocycles. The summed E-state index contributed by atoms with van der Waals surface area (Å²) < 4.78 is 16.7. The van der Waals surface area contributed by atoms with Crippen LogP contribution in [-0.4, -0.2) is 24.3 Å². The summed E-state index contributed by atoms with van der Waals surface area (Å²) in [6, 6.07) is 14.1. The number of rotatable bonds is 4. The van der Waals surface area contributed by atoms with Crippen molar-refractivity contribution in [3.05, 3.63) is 48.0 Å². The molecular formula is C20H21NO3. The number of epoxide rings is 1. The molecular weight excluding hydrogens is 302 g/mol. The number of nitrogens with zero attached hydrogens (tertiary/aromatic N) is 1. The molecule has 0 spiro atoms. The SMILES string of the molecule is CC(C)(C)c1ccc(-c2nc3cc(OCC4CO4)ccc3o2)cc1. The highest BCUT2D eigenvalue weighted by Gasteiger charge is 2.23. The lowest BCUT2D eigenvalue weighted by Crippen LogP contribution is -2.10. The Kier molecular flexibility index (Phi) is 3.57. The van der Waals surface area contributed by atoms with Crippen molar-refractivity contribution in [3.63, 3.8) is 0 Å². The summed E-state index contributed by atoms with van der Waals surface area (Å²) in [5.41, 5.74) is 3.98. The number of fused-ring (bicyclic) bond motifs is 1. The molecule has 4 heteroatoms. The van der Waals surface area contributed by atoms with E-state index in [-0.39, 0.29) is 11.5 Å². The third kappa shape index (κ3) is 3.15. The first-order valence-corrected chi connectivity index (χ1v) is 8.25. The molecule has 124 valence electrons. The molecule has 1 fully saturated rings. The molecule has 1 unspecified atom stereocenters. The fraction of sp³-hybridized carbons (Fsp3) is 0.350. The van der Waals surface area contributed by atoms with Crippen molar-refractivity contribution in [1.29, 1.82) is 0 Å². The Bertz CT molecular complexity index is 855. The number of benzene rings is 2. The van der Waals surface area contributed by atoms with E-state index in [1.54, 1.807) is 0 Å². The van der Waals surface area contributed by atoms with Gasteiger partial charge in [-0.3, -0.25) is 0 Å². The van der Waals surface area contributed by atoms with E-state index in [9.17, 15) is 0 Å². The van der Waals surface area contributed by atoms with Gasteiger partial charge in [0.25, 0.3) is 0 Å². The van der Waals surface area contributed by atoms with Crippen molar-refractivity contribution >= 4 is 11.1 Å². The van der Waals surface area contributed by atoms with Gasteiger partial charge in [0, 0.05) is 11.6 Å². The molecule has 1 atom stereocenters. The highest BCUT2D eigenvalue weighted by Crippen LogP contribution is 2.29. The maximum Gasteiger partial charge on any atom is 0.227 e. The molecule has 4 rings (SSSR count). The normalized spacial score (nSPS) is 17.2. The van der Waals surface area contributed by atoms with E-state index in [4.69, 9.17) is 13.9 Å². The van der Waals surface area contributed by atoms with E-state index in [0.717, 1.165) is 29.0 Å². The molecule has 24 heavy (non-hydrogen) atoms. The molecule has 1 aliphatic rings. The highest BCUT2D eigenvalue weighted by atomic mass is 16.6. The zero-order valence-corrected chi connectivity index (χ0v) is 14.2. The average molecular weight is 323 g/mol. The van der Waals surface area contributed by atoms with E-state index in [1.165, 1.54) is 5.56 Å². The molecule has 3 aromatic rings. The topological polar surface area (TPSA) is 47.8 Å². The van der Waals surface area contributed by atoms with Crippen LogP contribution < -0.4 is 4.74 Å². The summed E-state index contributed by atoms with van der Waals surface area (Å²) in [5.74, 6) is 1.43. The lowest BCUT2D eigenvalue weighted by Gasteiger charge is -2.18. The van der Waals surface area contributed by atoms with E-state index < -0.39 is 0 Å². The van der Waals surface area contributed by atoms with Gasteiger partial charge in [0.1, 0.15) is 24.0 Å². The molecule has 4 nitrogen and oxygen atoms in total. The van der Waals surface area contributed by atoms with Gasteiger partial charge in [-0.2, -0.15) is 0 Å². The lowest BCUT2D eigenvalue weighted by molar-refractivity contribution is 0.263. The Morgan fingerprint density at radius 3 is 2.54 bits per heavy atom. The minimum Gasteiger partial charge on any atom is -0.491 e. The Hall–Kier alpha value is -2.33. The van der Waals surface area contributed by atoms with Crippen LogP contribution in [0.1, 0.15) is 26.3 Å². The molecule has 0 bridgehead atoms. The first-order chi connectivity index (χ1) is 11.5. The standard InChI is InChI=1S/C20H21NO3/c1-20(2,3)14-6-4-13(5-7-14)19-21-17-10-15(8-9-18(17)24-19)22-11-16-12-23-16/h4-10,16H,11-12H2,1-3H3. The van der Waals surface area contributed by atoms with Crippen molar-refractivity contribution in [1.82, 2.24) is 4.98 Å². The summed E-state index contributed by atoms with van der Waals surface area (Å²) in [7, 11) is 0. The minimum absolute atomic E-state index is 0.136. The second kappa shape index (κ2) is 5.64. The minimum atomic E-state index is 0.136. The fourth-order valence-corrected chi connectivity index (χ4v) is 2.59. The molecule has 0 aliphatic carbocycles. The number of hydrogen-bond donors (Lipinski definition) is 0. The van der Waals surface area contributed by atoms with Gasteiger partial charge in [0.05, 0.1) is 6.61 Å². The van der Waals surface area contributed by atoms with Gasteiger partial charge >= 0.3 is 0 Å². The van der Waals surface area contributed by atoms with Gasteiger partial charge in [0.15, 0.2) is 5.58 Å². The summed E-state index contributed by atoms with van der Waals surface area (Å²) in [6.45, 7) is 7.99. The van der Waals surface area contributed by atoms with Crippen LogP contribution in [0.15, 0.2) is 46.9 Å². The Morgan fingerprint density at radius 1 is 1.12 bits per heavy atom. The predicted octanol–water partition coefficient (Wildman–Crippen LogP) is 4.57. The molecule has 2 aromatic carbocycles. The van der Waals surface area contributed by atoms with Crippen LogP contribution in [0.4, 0.5) is 0 Å². The second-order valence-corrected chi connectivity index (χ2v) is 7.24. The Labute approximate surface area is 141 Å². The van der Waals surface area contributed by atoms with Gasteiger partial charge in [-0.05, 0) is 35.2 Å². The first-order valence-electron chi connectivity index (χ1n) is 8.25. The quantitative estimate of drug-likeness (QED) is 0.660. The first kappa shape index (κ1) is 15.2. The van der Waals surface area contributed by atoms with Gasteiger partial charge in [0.2, 0.25) is 5.89 Å². The van der Waals surface area contributed by atoms with E-state index >= 15 is 0 Å². The van der Waals surface area contributed by atoms with Gasteiger partial charge in [-0.25, -0.2) is 4.98 Å². The Morgan fingerprint density at radius 2 is 1.88 bits per heavy atom. The highest BCUT2D eigenvalue weighted by molar-refractivity contribution is 5.77. The molecule has 1 aromatic heterocycles. The molecule has 0 saturated carbocycles. The summed E-state index contributed by atoms with van der Waals surface area (Å²) >= 11 is 0. The zero-order valence-electron chi connectivity index (χ0n) is 14.2. The van der Waals surface area contributed by atoms with Crippen LogP contribution in [0.2, 0.25) is 0 Å². The van der Waals surface area contributed by atoms with Crippen LogP contribution in [0.3, 0.4) is 0 Å². The van der Waals surface area contributed by atoms with Gasteiger partial charge in [-0.15, -0.1) is 0 Å². The van der Waals surface area contributed by atoms with E-state index in [0.29, 0.717) is 12.5 Å². The lowest BCUT2D eigenvalue weighted by atomic mass is 9.87. The predicted molar refractivity (Wildman–Crippen MR) is 93.4 cm³/mol. The number of hydrogen-bond acceptors (Lipinski definition) is 4. The number of ether oxygens (including phenoxy) is 2. The maximum absolute atomic E-state index is 5.88. The Balaban J connectivity index is 1.59. The monoisotopic (exact) mass is 323 g/mol. The zero-order chi connectivity index (χ0) is 16.7. The fourth-order valence-electron chi connectivity index (χ4n) is 2.59. The largest absolute Gasteiger partial charge is 0.491 e.